The van der Waals surface area contributed by atoms with Crippen LogP contribution in [-0.4, -0.2) is 64.1 Å². The van der Waals surface area contributed by atoms with Gasteiger partial charge in [-0.3, -0.25) is 14.5 Å². The third-order valence-electron chi connectivity index (χ3n) is 5.18. The van der Waals surface area contributed by atoms with Crippen LogP contribution in [0.2, 0.25) is 0 Å². The molecule has 2 aromatic carbocycles. The highest BCUT2D eigenvalue weighted by Gasteiger charge is 2.24. The summed E-state index contributed by atoms with van der Waals surface area (Å²) in [5, 5.41) is 6.67. The molecule has 0 bridgehead atoms. The summed E-state index contributed by atoms with van der Waals surface area (Å²) < 4.78 is 32.3. The highest BCUT2D eigenvalue weighted by atomic mass is 19.1. The minimum Gasteiger partial charge on any atom is -0.388 e. The fraction of sp³-hybridized carbons (Fsp3) is 0.273. The fourth-order valence-corrected chi connectivity index (χ4v) is 3.47. The van der Waals surface area contributed by atoms with E-state index < -0.39 is 17.4 Å². The molecule has 33 heavy (non-hydrogen) atoms. The van der Waals surface area contributed by atoms with Crippen LogP contribution >= 0.6 is 0 Å². The Bertz CT molecular complexity index is 1200. The number of hydrogen-bond donors (Lipinski definition) is 1. The first kappa shape index (κ1) is 22.3. The van der Waals surface area contributed by atoms with Crippen LogP contribution in [0.1, 0.15) is 0 Å². The molecule has 1 aliphatic rings. The Labute approximate surface area is 187 Å². The second kappa shape index (κ2) is 9.74. The number of rotatable bonds is 6. The van der Waals surface area contributed by atoms with Crippen LogP contribution in [0.5, 0.6) is 0 Å². The van der Waals surface area contributed by atoms with Crippen molar-refractivity contribution in [2.45, 2.75) is 6.54 Å². The molecule has 4 rings (SSSR count). The number of nitrogens with one attached hydrogen (secondary N) is 1. The maximum Gasteiger partial charge on any atom is 0.437 e. The number of hydrogen-bond acceptors (Lipinski definition) is 6. The van der Waals surface area contributed by atoms with Gasteiger partial charge in [-0.25, -0.2) is 13.6 Å². The molecule has 1 aliphatic heterocycles. The summed E-state index contributed by atoms with van der Waals surface area (Å²) in [6.07, 6.45) is 0. The number of carbonyl (C=O) groups excluding carboxylic acids is 2. The molecule has 1 fully saturated rings. The first-order valence-corrected chi connectivity index (χ1v) is 10.3. The van der Waals surface area contributed by atoms with Crippen LogP contribution in [0.3, 0.4) is 0 Å². The van der Waals surface area contributed by atoms with Gasteiger partial charge in [0.15, 0.2) is 0 Å². The van der Waals surface area contributed by atoms with Crippen molar-refractivity contribution in [1.29, 1.82) is 0 Å². The topological polar surface area (TPSA) is 101 Å². The van der Waals surface area contributed by atoms with E-state index in [1.807, 2.05) is 4.90 Å². The lowest BCUT2D eigenvalue weighted by Gasteiger charge is -2.34. The van der Waals surface area contributed by atoms with Gasteiger partial charge in [0.1, 0.15) is 18.2 Å². The number of amides is 2. The van der Waals surface area contributed by atoms with E-state index in [1.54, 1.807) is 11.0 Å². The van der Waals surface area contributed by atoms with E-state index in [0.29, 0.717) is 37.4 Å². The normalized spacial score (nSPS) is 14.3. The van der Waals surface area contributed by atoms with E-state index in [4.69, 9.17) is 4.42 Å². The molecule has 2 heterocycles. The maximum absolute atomic E-state index is 13.2. The summed E-state index contributed by atoms with van der Waals surface area (Å²) >= 11 is 0. The van der Waals surface area contributed by atoms with Crippen molar-refractivity contribution in [3.05, 3.63) is 70.7 Å². The van der Waals surface area contributed by atoms with Gasteiger partial charge in [-0.05, 0) is 42.5 Å². The Balaban J connectivity index is 1.28. The number of nitrogens with zero attached hydrogens (tertiary/aromatic N) is 4. The van der Waals surface area contributed by atoms with E-state index in [0.717, 1.165) is 4.68 Å². The molecule has 0 spiro atoms. The van der Waals surface area contributed by atoms with Crippen LogP contribution in [0.15, 0.2) is 57.7 Å². The molecule has 0 radical (unpaired) electrons. The van der Waals surface area contributed by atoms with Crippen LogP contribution < -0.4 is 11.1 Å². The Morgan fingerprint density at radius 3 is 2.39 bits per heavy atom. The molecule has 0 saturated carbocycles. The van der Waals surface area contributed by atoms with Crippen molar-refractivity contribution >= 4 is 17.5 Å². The van der Waals surface area contributed by atoms with Gasteiger partial charge in [-0.2, -0.15) is 4.68 Å². The fourth-order valence-electron chi connectivity index (χ4n) is 3.47. The maximum atomic E-state index is 13.2. The summed E-state index contributed by atoms with van der Waals surface area (Å²) in [4.78, 5) is 40.3. The largest absolute Gasteiger partial charge is 0.437 e. The summed E-state index contributed by atoms with van der Waals surface area (Å²) in [6.45, 7) is 1.52. The molecule has 0 unspecified atom stereocenters. The Hall–Kier alpha value is -3.86. The number of halogens is 2. The Morgan fingerprint density at radius 2 is 1.70 bits per heavy atom. The van der Waals surface area contributed by atoms with Crippen molar-refractivity contribution in [2.24, 2.45) is 0 Å². The van der Waals surface area contributed by atoms with Crippen LogP contribution in [0, 0.1) is 11.6 Å². The third-order valence-corrected chi connectivity index (χ3v) is 5.18. The Kier molecular flexibility index (Phi) is 6.59. The van der Waals surface area contributed by atoms with E-state index >= 15 is 0 Å². The van der Waals surface area contributed by atoms with Crippen LogP contribution in [0.25, 0.3) is 11.5 Å². The van der Waals surface area contributed by atoms with Crippen LogP contribution in [-0.2, 0) is 16.1 Å². The number of benzene rings is 2. The van der Waals surface area contributed by atoms with Crippen molar-refractivity contribution < 1.29 is 22.8 Å². The van der Waals surface area contributed by atoms with Gasteiger partial charge < -0.3 is 14.6 Å². The zero-order valence-electron chi connectivity index (χ0n) is 17.5. The van der Waals surface area contributed by atoms with Crippen molar-refractivity contribution in [2.75, 3.05) is 38.0 Å². The van der Waals surface area contributed by atoms with Crippen LogP contribution in [0.4, 0.5) is 14.5 Å². The number of aromatic nitrogens is 2. The van der Waals surface area contributed by atoms with E-state index in [1.165, 1.54) is 42.5 Å². The minimum absolute atomic E-state index is 0.00179. The molecule has 1 saturated heterocycles. The molecular formula is C22H21F2N5O4. The number of carbonyl (C=O) groups is 2. The SMILES string of the molecule is O=C(CN1CCN(C(=O)Cn2nc(-c3ccc(F)cc3)oc2=O)CC1)Nc1cccc(F)c1. The predicted molar refractivity (Wildman–Crippen MR) is 114 cm³/mol. The second-order valence-corrected chi connectivity index (χ2v) is 7.55. The van der Waals surface area contributed by atoms with E-state index in [-0.39, 0.29) is 30.8 Å². The first-order valence-electron chi connectivity index (χ1n) is 10.3. The average Bonchev–Trinajstić information content (AvgIpc) is 3.14. The zero-order chi connectivity index (χ0) is 23.4. The van der Waals surface area contributed by atoms with E-state index in [9.17, 15) is 23.2 Å². The van der Waals surface area contributed by atoms with Gasteiger partial charge in [0.05, 0.1) is 6.54 Å². The lowest BCUT2D eigenvalue weighted by molar-refractivity contribution is -0.134. The number of piperazine rings is 1. The minimum atomic E-state index is -0.782. The summed E-state index contributed by atoms with van der Waals surface area (Å²) in [6, 6.07) is 10.9. The predicted octanol–water partition coefficient (Wildman–Crippen LogP) is 1.56. The highest BCUT2D eigenvalue weighted by molar-refractivity contribution is 5.92. The second-order valence-electron chi connectivity index (χ2n) is 7.55. The smallest absolute Gasteiger partial charge is 0.388 e. The van der Waals surface area contributed by atoms with Gasteiger partial charge in [-0.15, -0.1) is 5.10 Å². The summed E-state index contributed by atoms with van der Waals surface area (Å²) in [5.74, 6) is -2.22. The molecule has 1 N–H and O–H groups in total. The molecular weight excluding hydrogens is 436 g/mol. The van der Waals surface area contributed by atoms with Crippen molar-refractivity contribution in [3.63, 3.8) is 0 Å². The molecule has 0 aliphatic carbocycles. The quantitative estimate of drug-likeness (QED) is 0.603. The van der Waals surface area contributed by atoms with Gasteiger partial charge >= 0.3 is 5.76 Å². The molecule has 172 valence electrons. The van der Waals surface area contributed by atoms with Gasteiger partial charge in [-0.1, -0.05) is 6.07 Å². The average molecular weight is 457 g/mol. The standard InChI is InChI=1S/C22H21F2N5O4/c23-16-6-4-15(5-7-16)21-26-29(22(32)33-21)14-20(31)28-10-8-27(9-11-28)13-19(30)25-18-3-1-2-17(24)12-18/h1-7,12H,8-11,13-14H2,(H,25,30). The molecule has 2 amide bonds. The van der Waals surface area contributed by atoms with Gasteiger partial charge in [0, 0.05) is 37.4 Å². The van der Waals surface area contributed by atoms with Gasteiger partial charge in [0.2, 0.25) is 17.7 Å². The molecule has 9 nitrogen and oxygen atoms in total. The molecule has 11 heteroatoms. The van der Waals surface area contributed by atoms with Crippen molar-refractivity contribution in [1.82, 2.24) is 19.6 Å². The van der Waals surface area contributed by atoms with Gasteiger partial charge in [0.25, 0.3) is 0 Å². The molecule has 1 aromatic heterocycles. The lowest BCUT2D eigenvalue weighted by atomic mass is 10.2. The summed E-state index contributed by atoms with van der Waals surface area (Å²) in [7, 11) is 0. The highest BCUT2D eigenvalue weighted by Crippen LogP contribution is 2.16. The summed E-state index contributed by atoms with van der Waals surface area (Å²) in [5.41, 5.74) is 0.803. The monoisotopic (exact) mass is 457 g/mol. The zero-order valence-corrected chi connectivity index (χ0v) is 17.5. The first-order chi connectivity index (χ1) is 15.9. The number of anilines is 1. The van der Waals surface area contributed by atoms with Crippen molar-refractivity contribution in [3.8, 4) is 11.5 Å². The lowest BCUT2D eigenvalue weighted by Crippen LogP contribution is -2.51. The third kappa shape index (κ3) is 5.69. The molecule has 3 aromatic rings. The van der Waals surface area contributed by atoms with E-state index in [2.05, 4.69) is 10.4 Å². The Morgan fingerprint density at radius 1 is 0.970 bits per heavy atom. The molecule has 0 atom stereocenters.